The number of nitrogens with one attached hydrogen (secondary N) is 1. The number of nitrogens with zero attached hydrogens (tertiary/aromatic N) is 3. The van der Waals surface area contributed by atoms with Gasteiger partial charge in [-0.3, -0.25) is 4.79 Å². The van der Waals surface area contributed by atoms with E-state index in [9.17, 15) is 4.79 Å². The lowest BCUT2D eigenvalue weighted by Crippen LogP contribution is -2.34. The fraction of sp³-hybridized carbons (Fsp3) is 0.538. The molecule has 1 aromatic rings. The van der Waals surface area contributed by atoms with Crippen molar-refractivity contribution in [2.24, 2.45) is 0 Å². The summed E-state index contributed by atoms with van der Waals surface area (Å²) in [6.45, 7) is 3.58. The zero-order valence-corrected chi connectivity index (χ0v) is 11.0. The van der Waals surface area contributed by atoms with Crippen LogP contribution in [0.3, 0.4) is 0 Å². The Kier molecular flexibility index (Phi) is 4.15. The van der Waals surface area contributed by atoms with E-state index in [1.807, 2.05) is 18.0 Å². The van der Waals surface area contributed by atoms with Crippen molar-refractivity contribution in [3.8, 4) is 0 Å². The molecule has 0 saturated carbocycles. The fourth-order valence-electron chi connectivity index (χ4n) is 2.08. The second kappa shape index (κ2) is 5.82. The summed E-state index contributed by atoms with van der Waals surface area (Å²) in [7, 11) is 3.93. The van der Waals surface area contributed by atoms with Crippen LogP contribution < -0.4 is 5.32 Å². The lowest BCUT2D eigenvalue weighted by molar-refractivity contribution is 0.0757. The molecule has 0 spiro atoms. The lowest BCUT2D eigenvalue weighted by Gasteiger charge is -2.20. The van der Waals surface area contributed by atoms with Crippen molar-refractivity contribution in [2.75, 3.05) is 45.6 Å². The molecule has 1 amide bonds. The minimum absolute atomic E-state index is 0.0351. The third-order valence-electron chi connectivity index (χ3n) is 3.28. The van der Waals surface area contributed by atoms with Crippen molar-refractivity contribution in [3.05, 3.63) is 24.0 Å². The summed E-state index contributed by atoms with van der Waals surface area (Å²) in [5.74, 6) is 0.0351. The summed E-state index contributed by atoms with van der Waals surface area (Å²) >= 11 is 0. The molecule has 2 rings (SSSR count). The van der Waals surface area contributed by atoms with E-state index in [0.717, 1.165) is 38.3 Å². The SMILES string of the molecule is CNc1ccc(C(=O)N2CCCN(C)CC2)nc1. The lowest BCUT2D eigenvalue weighted by atomic mass is 10.3. The molecule has 1 aromatic heterocycles. The summed E-state index contributed by atoms with van der Waals surface area (Å²) < 4.78 is 0. The standard InChI is InChI=1S/C13H20N4O/c1-14-11-4-5-12(15-10-11)13(18)17-7-3-6-16(2)8-9-17/h4-5,10,14H,3,6-9H2,1-2H3. The number of anilines is 1. The molecular weight excluding hydrogens is 228 g/mol. The Morgan fingerprint density at radius 2 is 2.11 bits per heavy atom. The van der Waals surface area contributed by atoms with Crippen LogP contribution in [0.4, 0.5) is 5.69 Å². The van der Waals surface area contributed by atoms with Crippen LogP contribution in [0.2, 0.25) is 0 Å². The van der Waals surface area contributed by atoms with Crippen molar-refractivity contribution in [3.63, 3.8) is 0 Å². The Labute approximate surface area is 108 Å². The van der Waals surface area contributed by atoms with Gasteiger partial charge in [0.15, 0.2) is 0 Å². The molecule has 2 heterocycles. The number of aromatic nitrogens is 1. The molecule has 18 heavy (non-hydrogen) atoms. The fourth-order valence-corrected chi connectivity index (χ4v) is 2.08. The van der Waals surface area contributed by atoms with E-state index in [2.05, 4.69) is 22.2 Å². The molecule has 0 radical (unpaired) electrons. The van der Waals surface area contributed by atoms with E-state index in [-0.39, 0.29) is 5.91 Å². The molecule has 0 bridgehead atoms. The first kappa shape index (κ1) is 12.8. The van der Waals surface area contributed by atoms with Crippen LogP contribution in [0, 0.1) is 0 Å². The van der Waals surface area contributed by atoms with Crippen LogP contribution in [0.25, 0.3) is 0 Å². The molecule has 1 saturated heterocycles. The second-order valence-electron chi connectivity index (χ2n) is 4.63. The molecule has 5 nitrogen and oxygen atoms in total. The first-order valence-corrected chi connectivity index (χ1v) is 6.32. The Hall–Kier alpha value is -1.62. The average Bonchev–Trinajstić information content (AvgIpc) is 2.63. The first-order valence-electron chi connectivity index (χ1n) is 6.32. The summed E-state index contributed by atoms with van der Waals surface area (Å²) in [6, 6.07) is 3.66. The van der Waals surface area contributed by atoms with E-state index >= 15 is 0 Å². The topological polar surface area (TPSA) is 48.5 Å². The molecule has 98 valence electrons. The number of pyridine rings is 1. The van der Waals surface area contributed by atoms with Crippen molar-refractivity contribution in [1.82, 2.24) is 14.8 Å². The van der Waals surface area contributed by atoms with Gasteiger partial charge in [-0.05, 0) is 32.1 Å². The number of carbonyl (C=O) groups excluding carboxylic acids is 1. The predicted octanol–water partition coefficient (Wildman–Crippen LogP) is 0.901. The quantitative estimate of drug-likeness (QED) is 0.845. The highest BCUT2D eigenvalue weighted by atomic mass is 16.2. The van der Waals surface area contributed by atoms with E-state index in [1.165, 1.54) is 0 Å². The largest absolute Gasteiger partial charge is 0.387 e. The minimum Gasteiger partial charge on any atom is -0.387 e. The van der Waals surface area contributed by atoms with Crippen LogP contribution >= 0.6 is 0 Å². The number of amides is 1. The van der Waals surface area contributed by atoms with Crippen LogP contribution in [0.1, 0.15) is 16.9 Å². The Balaban J connectivity index is 2.05. The Morgan fingerprint density at radius 1 is 1.28 bits per heavy atom. The zero-order chi connectivity index (χ0) is 13.0. The van der Waals surface area contributed by atoms with Crippen LogP contribution in [-0.4, -0.2) is 61.0 Å². The van der Waals surface area contributed by atoms with Gasteiger partial charge < -0.3 is 15.1 Å². The molecule has 0 unspecified atom stereocenters. The minimum atomic E-state index is 0.0351. The van der Waals surface area contributed by atoms with E-state index < -0.39 is 0 Å². The van der Waals surface area contributed by atoms with E-state index in [0.29, 0.717) is 5.69 Å². The van der Waals surface area contributed by atoms with Crippen LogP contribution in [0.15, 0.2) is 18.3 Å². The summed E-state index contributed by atoms with van der Waals surface area (Å²) in [6.07, 6.45) is 2.72. The maximum atomic E-state index is 12.3. The molecular formula is C13H20N4O. The predicted molar refractivity (Wildman–Crippen MR) is 71.8 cm³/mol. The Bertz CT molecular complexity index is 404. The van der Waals surface area contributed by atoms with Gasteiger partial charge in [-0.15, -0.1) is 0 Å². The van der Waals surface area contributed by atoms with Gasteiger partial charge in [-0.25, -0.2) is 4.98 Å². The van der Waals surface area contributed by atoms with Crippen molar-refractivity contribution < 1.29 is 4.79 Å². The number of hydrogen-bond donors (Lipinski definition) is 1. The average molecular weight is 248 g/mol. The van der Waals surface area contributed by atoms with E-state index in [1.54, 1.807) is 12.3 Å². The number of hydrogen-bond acceptors (Lipinski definition) is 4. The molecule has 0 aliphatic carbocycles. The van der Waals surface area contributed by atoms with Gasteiger partial charge in [0.2, 0.25) is 0 Å². The second-order valence-corrected chi connectivity index (χ2v) is 4.63. The highest BCUT2D eigenvalue weighted by Crippen LogP contribution is 2.09. The zero-order valence-electron chi connectivity index (χ0n) is 11.0. The van der Waals surface area contributed by atoms with Crippen LogP contribution in [0.5, 0.6) is 0 Å². The highest BCUT2D eigenvalue weighted by Gasteiger charge is 2.19. The first-order chi connectivity index (χ1) is 8.70. The molecule has 1 fully saturated rings. The molecule has 1 aliphatic heterocycles. The molecule has 0 atom stereocenters. The van der Waals surface area contributed by atoms with Crippen molar-refractivity contribution in [2.45, 2.75) is 6.42 Å². The monoisotopic (exact) mass is 248 g/mol. The van der Waals surface area contributed by atoms with Gasteiger partial charge >= 0.3 is 0 Å². The third-order valence-corrected chi connectivity index (χ3v) is 3.28. The van der Waals surface area contributed by atoms with Gasteiger partial charge in [0, 0.05) is 26.7 Å². The maximum Gasteiger partial charge on any atom is 0.272 e. The van der Waals surface area contributed by atoms with Gasteiger partial charge in [0.05, 0.1) is 11.9 Å². The van der Waals surface area contributed by atoms with Crippen LogP contribution in [-0.2, 0) is 0 Å². The number of carbonyl (C=O) groups is 1. The van der Waals surface area contributed by atoms with Gasteiger partial charge in [-0.2, -0.15) is 0 Å². The summed E-state index contributed by atoms with van der Waals surface area (Å²) in [5, 5.41) is 2.99. The number of rotatable bonds is 2. The van der Waals surface area contributed by atoms with Gasteiger partial charge in [0.1, 0.15) is 5.69 Å². The normalized spacial score (nSPS) is 17.3. The molecule has 0 aromatic carbocycles. The highest BCUT2D eigenvalue weighted by molar-refractivity contribution is 5.92. The molecule has 1 N–H and O–H groups in total. The van der Waals surface area contributed by atoms with E-state index in [4.69, 9.17) is 0 Å². The smallest absolute Gasteiger partial charge is 0.272 e. The summed E-state index contributed by atoms with van der Waals surface area (Å²) in [4.78, 5) is 20.6. The third kappa shape index (κ3) is 2.98. The maximum absolute atomic E-state index is 12.3. The van der Waals surface area contributed by atoms with Gasteiger partial charge in [-0.1, -0.05) is 0 Å². The van der Waals surface area contributed by atoms with Crippen molar-refractivity contribution >= 4 is 11.6 Å². The summed E-state index contributed by atoms with van der Waals surface area (Å²) in [5.41, 5.74) is 1.45. The van der Waals surface area contributed by atoms with Crippen molar-refractivity contribution in [1.29, 1.82) is 0 Å². The number of likely N-dealkylation sites (N-methyl/N-ethyl adjacent to an activating group) is 1. The molecule has 5 heteroatoms. The molecule has 1 aliphatic rings. The van der Waals surface area contributed by atoms with Gasteiger partial charge in [0.25, 0.3) is 5.91 Å². The Morgan fingerprint density at radius 3 is 2.78 bits per heavy atom.